The van der Waals surface area contributed by atoms with Gasteiger partial charge in [-0.2, -0.15) is 0 Å². The van der Waals surface area contributed by atoms with Crippen LogP contribution < -0.4 is 10.3 Å². The number of aromatic amines is 1. The summed E-state index contributed by atoms with van der Waals surface area (Å²) in [5.74, 6) is 0.876. The summed E-state index contributed by atoms with van der Waals surface area (Å²) in [6.07, 6.45) is 3.47. The van der Waals surface area contributed by atoms with Crippen LogP contribution in [0.25, 0.3) is 5.65 Å². The molecule has 6 heteroatoms. The van der Waals surface area contributed by atoms with Crippen LogP contribution in [0, 0.1) is 13.8 Å². The lowest BCUT2D eigenvalue weighted by Gasteiger charge is -2.35. The Bertz CT molecular complexity index is 1000. The van der Waals surface area contributed by atoms with Gasteiger partial charge in [0.2, 0.25) is 0 Å². The minimum Gasteiger partial charge on any atom is -0.497 e. The Labute approximate surface area is 158 Å². The SMILES string of the molecule is COc1ccc(CN2CCCC[C@@H]2c2cc3nc(C)c(C)c(=O)n3[nH]2)cc1. The van der Waals surface area contributed by atoms with Gasteiger partial charge >= 0.3 is 0 Å². The molecule has 0 spiro atoms. The normalized spacial score (nSPS) is 18.1. The molecule has 0 unspecified atom stereocenters. The first kappa shape index (κ1) is 17.8. The number of H-pyrrole nitrogens is 1. The summed E-state index contributed by atoms with van der Waals surface area (Å²) < 4.78 is 6.84. The van der Waals surface area contributed by atoms with Crippen LogP contribution in [0.3, 0.4) is 0 Å². The van der Waals surface area contributed by atoms with E-state index in [-0.39, 0.29) is 11.6 Å². The molecule has 3 aromatic rings. The lowest BCUT2D eigenvalue weighted by atomic mass is 9.98. The van der Waals surface area contributed by atoms with Crippen molar-refractivity contribution in [2.75, 3.05) is 13.7 Å². The lowest BCUT2D eigenvalue weighted by molar-refractivity contribution is 0.137. The molecule has 1 N–H and O–H groups in total. The van der Waals surface area contributed by atoms with Crippen molar-refractivity contribution in [1.29, 1.82) is 0 Å². The molecule has 6 nitrogen and oxygen atoms in total. The Morgan fingerprint density at radius 2 is 2.00 bits per heavy atom. The van der Waals surface area contributed by atoms with Crippen molar-refractivity contribution in [1.82, 2.24) is 19.5 Å². The molecule has 0 aliphatic carbocycles. The third kappa shape index (κ3) is 3.37. The van der Waals surface area contributed by atoms with Gasteiger partial charge in [0.25, 0.3) is 5.56 Å². The van der Waals surface area contributed by atoms with E-state index >= 15 is 0 Å². The van der Waals surface area contributed by atoms with Crippen molar-refractivity contribution in [2.45, 2.75) is 45.7 Å². The van der Waals surface area contributed by atoms with E-state index in [1.807, 2.05) is 32.0 Å². The predicted molar refractivity (Wildman–Crippen MR) is 105 cm³/mol. The van der Waals surface area contributed by atoms with Gasteiger partial charge in [0, 0.05) is 23.9 Å². The number of aryl methyl sites for hydroxylation is 1. The van der Waals surface area contributed by atoms with Crippen LogP contribution in [-0.2, 0) is 6.54 Å². The third-order valence-electron chi connectivity index (χ3n) is 5.62. The number of hydrogen-bond donors (Lipinski definition) is 1. The van der Waals surface area contributed by atoms with Crippen LogP contribution in [0.5, 0.6) is 5.75 Å². The number of fused-ring (bicyclic) bond motifs is 1. The Balaban J connectivity index is 1.64. The van der Waals surface area contributed by atoms with Gasteiger partial charge in [0.05, 0.1) is 18.8 Å². The molecule has 4 rings (SSSR count). The highest BCUT2D eigenvalue weighted by Gasteiger charge is 2.26. The standard InChI is InChI=1S/C21H26N4O2/c1-14-15(2)22-20-12-18(23-25(20)21(14)26)19-6-4-5-11-24(19)13-16-7-9-17(27-3)10-8-16/h7-10,12,19,23H,4-6,11,13H2,1-3H3/t19-/m1/s1. The topological polar surface area (TPSA) is 62.6 Å². The van der Waals surface area contributed by atoms with E-state index in [9.17, 15) is 4.79 Å². The van der Waals surface area contributed by atoms with Gasteiger partial charge < -0.3 is 4.74 Å². The number of methoxy groups -OCH3 is 1. The zero-order chi connectivity index (χ0) is 19.0. The molecular weight excluding hydrogens is 340 g/mol. The van der Waals surface area contributed by atoms with E-state index in [1.165, 1.54) is 18.4 Å². The van der Waals surface area contributed by atoms with Gasteiger partial charge in [0.1, 0.15) is 5.75 Å². The van der Waals surface area contributed by atoms with Crippen LogP contribution >= 0.6 is 0 Å². The Morgan fingerprint density at radius 1 is 1.22 bits per heavy atom. The van der Waals surface area contributed by atoms with Gasteiger partial charge in [-0.15, -0.1) is 0 Å². The third-order valence-corrected chi connectivity index (χ3v) is 5.62. The van der Waals surface area contributed by atoms with E-state index < -0.39 is 0 Å². The van der Waals surface area contributed by atoms with Crippen LogP contribution in [0.15, 0.2) is 35.1 Å². The minimum absolute atomic E-state index is 0.0127. The summed E-state index contributed by atoms with van der Waals surface area (Å²) in [7, 11) is 1.69. The zero-order valence-corrected chi connectivity index (χ0v) is 16.2. The first-order chi connectivity index (χ1) is 13.1. The first-order valence-corrected chi connectivity index (χ1v) is 9.52. The van der Waals surface area contributed by atoms with Crippen molar-refractivity contribution in [2.24, 2.45) is 0 Å². The number of ether oxygens (including phenoxy) is 1. The highest BCUT2D eigenvalue weighted by molar-refractivity contribution is 5.42. The fourth-order valence-electron chi connectivity index (χ4n) is 3.91. The van der Waals surface area contributed by atoms with E-state index in [4.69, 9.17) is 4.74 Å². The maximum absolute atomic E-state index is 12.5. The molecule has 1 aliphatic rings. The monoisotopic (exact) mass is 366 g/mol. The highest BCUT2D eigenvalue weighted by Crippen LogP contribution is 2.32. The fourth-order valence-corrected chi connectivity index (χ4v) is 3.91. The average Bonchev–Trinajstić information content (AvgIpc) is 3.11. The molecule has 3 heterocycles. The maximum atomic E-state index is 12.5. The second kappa shape index (κ2) is 7.19. The summed E-state index contributed by atoms with van der Waals surface area (Å²) in [5, 5.41) is 3.32. The fraction of sp³-hybridized carbons (Fsp3) is 0.429. The summed E-state index contributed by atoms with van der Waals surface area (Å²) >= 11 is 0. The maximum Gasteiger partial charge on any atom is 0.275 e. The van der Waals surface area contributed by atoms with Gasteiger partial charge in [-0.05, 0) is 50.9 Å². The molecule has 1 aliphatic heterocycles. The van der Waals surface area contributed by atoms with Crippen molar-refractivity contribution in [3.8, 4) is 5.75 Å². The number of likely N-dealkylation sites (tertiary alicyclic amines) is 1. The van der Waals surface area contributed by atoms with E-state index in [0.29, 0.717) is 11.2 Å². The molecule has 1 fully saturated rings. The number of nitrogens with zero attached hydrogens (tertiary/aromatic N) is 3. The molecule has 0 amide bonds. The van der Waals surface area contributed by atoms with Gasteiger partial charge in [-0.3, -0.25) is 14.8 Å². The molecular formula is C21H26N4O2. The van der Waals surface area contributed by atoms with E-state index in [0.717, 1.165) is 36.6 Å². The Kier molecular flexibility index (Phi) is 4.74. The first-order valence-electron chi connectivity index (χ1n) is 9.52. The highest BCUT2D eigenvalue weighted by atomic mass is 16.5. The number of rotatable bonds is 4. The molecule has 2 aromatic heterocycles. The predicted octanol–water partition coefficient (Wildman–Crippen LogP) is 3.38. The molecule has 1 aromatic carbocycles. The van der Waals surface area contributed by atoms with Gasteiger partial charge in [-0.1, -0.05) is 18.6 Å². The second-order valence-electron chi connectivity index (χ2n) is 7.36. The van der Waals surface area contributed by atoms with Crippen LogP contribution in [0.4, 0.5) is 0 Å². The summed E-state index contributed by atoms with van der Waals surface area (Å²) in [6.45, 7) is 5.64. The van der Waals surface area contributed by atoms with Crippen LogP contribution in [0.2, 0.25) is 0 Å². The van der Waals surface area contributed by atoms with Gasteiger partial charge in [-0.25, -0.2) is 9.50 Å². The largest absolute Gasteiger partial charge is 0.497 e. The summed E-state index contributed by atoms with van der Waals surface area (Å²) in [6, 6.07) is 10.6. The quantitative estimate of drug-likeness (QED) is 0.769. The molecule has 1 saturated heterocycles. The minimum atomic E-state index is -0.0127. The summed E-state index contributed by atoms with van der Waals surface area (Å²) in [4.78, 5) is 19.6. The second-order valence-corrected chi connectivity index (χ2v) is 7.36. The van der Waals surface area contributed by atoms with Crippen molar-refractivity contribution in [3.05, 3.63) is 63.2 Å². The molecule has 0 saturated carbocycles. The molecule has 142 valence electrons. The average molecular weight is 366 g/mol. The van der Waals surface area contributed by atoms with Crippen LogP contribution in [0.1, 0.15) is 47.8 Å². The van der Waals surface area contributed by atoms with Crippen LogP contribution in [-0.4, -0.2) is 33.2 Å². The number of benzene rings is 1. The van der Waals surface area contributed by atoms with Crippen molar-refractivity contribution < 1.29 is 4.74 Å². The van der Waals surface area contributed by atoms with Crippen molar-refractivity contribution in [3.63, 3.8) is 0 Å². The molecule has 1 atom stereocenters. The molecule has 0 bridgehead atoms. The van der Waals surface area contributed by atoms with Gasteiger partial charge in [0.15, 0.2) is 5.65 Å². The number of piperidine rings is 1. The molecule has 0 radical (unpaired) electrons. The van der Waals surface area contributed by atoms with E-state index in [2.05, 4.69) is 27.1 Å². The zero-order valence-electron chi connectivity index (χ0n) is 16.2. The Morgan fingerprint density at radius 3 is 2.74 bits per heavy atom. The van der Waals surface area contributed by atoms with Crippen molar-refractivity contribution >= 4 is 5.65 Å². The summed E-state index contributed by atoms with van der Waals surface area (Å²) in [5.41, 5.74) is 4.51. The van der Waals surface area contributed by atoms with E-state index in [1.54, 1.807) is 11.6 Å². The lowest BCUT2D eigenvalue weighted by Crippen LogP contribution is -2.33. The Hall–Kier alpha value is -2.60. The number of nitrogens with one attached hydrogen (secondary N) is 1. The molecule has 27 heavy (non-hydrogen) atoms. The number of aromatic nitrogens is 3. The smallest absolute Gasteiger partial charge is 0.275 e. The number of hydrogen-bond acceptors (Lipinski definition) is 4.